The Balaban J connectivity index is 3.26. The van der Waals surface area contributed by atoms with Crippen LogP contribution in [0.3, 0.4) is 0 Å². The van der Waals surface area contributed by atoms with Crippen molar-refractivity contribution in [2.24, 2.45) is 11.0 Å². The lowest BCUT2D eigenvalue weighted by Crippen LogP contribution is -2.19. The van der Waals surface area contributed by atoms with Crippen molar-refractivity contribution in [3.63, 3.8) is 0 Å². The van der Waals surface area contributed by atoms with Crippen molar-refractivity contribution < 1.29 is 4.79 Å². The van der Waals surface area contributed by atoms with E-state index in [1.54, 1.807) is 0 Å². The minimum absolute atomic E-state index is 0.169. The van der Waals surface area contributed by atoms with Crippen LogP contribution in [0.5, 0.6) is 0 Å². The topological polar surface area (TPSA) is 75.8 Å². The number of hydrogen-bond acceptors (Lipinski definition) is 3. The van der Waals surface area contributed by atoms with Crippen LogP contribution in [-0.4, -0.2) is 24.5 Å². The van der Waals surface area contributed by atoms with Crippen molar-refractivity contribution >= 4 is 5.91 Å². The summed E-state index contributed by atoms with van der Waals surface area (Å²) in [4.78, 5) is 19.7. The van der Waals surface area contributed by atoms with Crippen LogP contribution in [0.15, 0.2) is 5.29 Å². The van der Waals surface area contributed by atoms with Crippen LogP contribution in [0.4, 0.5) is 0 Å². The molecule has 1 amide bonds. The lowest BCUT2D eigenvalue weighted by atomic mass is 10.4. The van der Waals surface area contributed by atoms with E-state index in [0.29, 0.717) is 6.54 Å². The molecule has 0 radical (unpaired) electrons. The van der Waals surface area contributed by atoms with E-state index in [1.807, 2.05) is 0 Å². The highest BCUT2D eigenvalue weighted by Gasteiger charge is 1.96. The molecule has 0 aliphatic carbocycles. The van der Waals surface area contributed by atoms with Gasteiger partial charge in [0, 0.05) is 20.0 Å². The molecule has 5 nitrogen and oxygen atoms in total. The number of rotatable bonds is 4. The Morgan fingerprint density at radius 3 is 2.67 bits per heavy atom. The third-order valence-electron chi connectivity index (χ3n) is 0.821. The molecule has 0 aliphatic rings. The molecule has 0 unspecified atom stereocenters. The van der Waals surface area contributed by atoms with Gasteiger partial charge in [-0.2, -0.15) is 0 Å². The summed E-state index contributed by atoms with van der Waals surface area (Å²) in [5.41, 5.74) is 4.79. The van der Waals surface area contributed by atoms with Gasteiger partial charge in [0.15, 0.2) is 0 Å². The van der Waals surface area contributed by atoms with Crippen molar-refractivity contribution in [1.29, 1.82) is 0 Å². The smallest absolute Gasteiger partial charge is 0.219 e. The first kappa shape index (κ1) is 7.87. The quantitative estimate of drug-likeness (QED) is 0.411. The van der Waals surface area contributed by atoms with Crippen LogP contribution in [0.25, 0.3) is 0 Å². The molecule has 0 saturated carbocycles. The number of nitrogens with two attached hydrogens (primary N) is 1. The molecular formula is C4H9N3O2. The van der Waals surface area contributed by atoms with Crippen molar-refractivity contribution in [1.82, 2.24) is 5.01 Å². The van der Waals surface area contributed by atoms with Crippen molar-refractivity contribution in [2.45, 2.75) is 6.42 Å². The molecule has 0 bridgehead atoms. The van der Waals surface area contributed by atoms with Gasteiger partial charge in [0.1, 0.15) is 0 Å². The van der Waals surface area contributed by atoms with Gasteiger partial charge in [-0.25, -0.2) is 0 Å². The Morgan fingerprint density at radius 1 is 1.78 bits per heavy atom. The summed E-state index contributed by atoms with van der Waals surface area (Å²) in [5, 5.41) is 3.65. The zero-order valence-corrected chi connectivity index (χ0v) is 5.20. The maximum Gasteiger partial charge on any atom is 0.219 e. The molecule has 0 fully saturated rings. The summed E-state index contributed by atoms with van der Waals surface area (Å²) in [5.74, 6) is -0.425. The van der Waals surface area contributed by atoms with Gasteiger partial charge >= 0.3 is 0 Å². The molecule has 5 heteroatoms. The molecule has 0 aromatic heterocycles. The molecule has 0 atom stereocenters. The fourth-order valence-corrected chi connectivity index (χ4v) is 0.313. The minimum Gasteiger partial charge on any atom is -0.370 e. The Kier molecular flexibility index (Phi) is 3.34. The van der Waals surface area contributed by atoms with Crippen LogP contribution in [-0.2, 0) is 4.79 Å². The van der Waals surface area contributed by atoms with E-state index in [-0.39, 0.29) is 6.42 Å². The van der Waals surface area contributed by atoms with Crippen LogP contribution in [0.2, 0.25) is 0 Å². The second-order valence-electron chi connectivity index (χ2n) is 1.68. The molecule has 0 saturated heterocycles. The Bertz CT molecular complexity index is 114. The van der Waals surface area contributed by atoms with Gasteiger partial charge in [0.05, 0.1) is 5.29 Å². The molecule has 9 heavy (non-hydrogen) atoms. The SMILES string of the molecule is CN(CCC(N)=O)N=O. The number of hydrogen-bond donors (Lipinski definition) is 1. The molecule has 0 aliphatic heterocycles. The molecule has 0 heterocycles. The van der Waals surface area contributed by atoms with Gasteiger partial charge in [0.2, 0.25) is 5.91 Å². The molecule has 0 aromatic rings. The number of carbonyl (C=O) groups excluding carboxylic acids is 1. The fourth-order valence-electron chi connectivity index (χ4n) is 0.313. The van der Waals surface area contributed by atoms with Crippen LogP contribution < -0.4 is 5.73 Å². The van der Waals surface area contributed by atoms with Crippen molar-refractivity contribution in [3.8, 4) is 0 Å². The average molecular weight is 131 g/mol. The van der Waals surface area contributed by atoms with Crippen LogP contribution >= 0.6 is 0 Å². The third-order valence-corrected chi connectivity index (χ3v) is 0.821. The summed E-state index contributed by atoms with van der Waals surface area (Å²) < 4.78 is 0. The number of primary amides is 1. The van der Waals surface area contributed by atoms with Gasteiger partial charge in [-0.3, -0.25) is 9.80 Å². The van der Waals surface area contributed by atoms with Gasteiger partial charge in [-0.1, -0.05) is 0 Å². The number of nitroso groups, excluding NO2 is 1. The zero-order valence-electron chi connectivity index (χ0n) is 5.20. The molecule has 0 spiro atoms. The van der Waals surface area contributed by atoms with Crippen LogP contribution in [0.1, 0.15) is 6.42 Å². The largest absolute Gasteiger partial charge is 0.370 e. The predicted molar refractivity (Wildman–Crippen MR) is 32.2 cm³/mol. The molecule has 0 rings (SSSR count). The van der Waals surface area contributed by atoms with Gasteiger partial charge in [0.25, 0.3) is 0 Å². The summed E-state index contributed by atoms with van der Waals surface area (Å²) in [6.07, 6.45) is 0.169. The summed E-state index contributed by atoms with van der Waals surface area (Å²) in [7, 11) is 1.48. The maximum absolute atomic E-state index is 10.1. The maximum atomic E-state index is 10.1. The number of carbonyl (C=O) groups is 1. The molecule has 0 aromatic carbocycles. The number of amides is 1. The standard InChI is InChI=1S/C4H9N3O2/c1-7(6-9)3-2-4(5)8/h2-3H2,1H3,(H2,5,8). The first-order valence-electron chi connectivity index (χ1n) is 2.49. The molecular weight excluding hydrogens is 122 g/mol. The van der Waals surface area contributed by atoms with Gasteiger partial charge in [-0.05, 0) is 0 Å². The lowest BCUT2D eigenvalue weighted by Gasteiger charge is -2.04. The van der Waals surface area contributed by atoms with Gasteiger partial charge < -0.3 is 5.73 Å². The minimum atomic E-state index is -0.425. The van der Waals surface area contributed by atoms with Crippen molar-refractivity contribution in [3.05, 3.63) is 4.91 Å². The fraction of sp³-hybridized carbons (Fsp3) is 0.750. The second kappa shape index (κ2) is 3.82. The van der Waals surface area contributed by atoms with E-state index >= 15 is 0 Å². The second-order valence-corrected chi connectivity index (χ2v) is 1.68. The Hall–Kier alpha value is -1.13. The lowest BCUT2D eigenvalue weighted by molar-refractivity contribution is -0.118. The highest BCUT2D eigenvalue weighted by molar-refractivity contribution is 5.73. The number of nitrogens with zero attached hydrogens (tertiary/aromatic N) is 2. The Labute approximate surface area is 52.8 Å². The van der Waals surface area contributed by atoms with Crippen molar-refractivity contribution in [2.75, 3.05) is 13.6 Å². The summed E-state index contributed by atoms with van der Waals surface area (Å²) in [6.45, 7) is 0.291. The van der Waals surface area contributed by atoms with E-state index in [4.69, 9.17) is 5.73 Å². The predicted octanol–water partition coefficient (Wildman–Crippen LogP) is -0.525. The average Bonchev–Trinajstić information content (AvgIpc) is 1.83. The molecule has 2 N–H and O–H groups in total. The first-order valence-corrected chi connectivity index (χ1v) is 2.49. The summed E-state index contributed by atoms with van der Waals surface area (Å²) in [6, 6.07) is 0. The first-order chi connectivity index (χ1) is 4.16. The van der Waals surface area contributed by atoms with Gasteiger partial charge in [-0.15, -0.1) is 4.91 Å². The highest BCUT2D eigenvalue weighted by Crippen LogP contribution is 1.84. The normalized spacial score (nSPS) is 8.56. The van der Waals surface area contributed by atoms with E-state index < -0.39 is 5.91 Å². The summed E-state index contributed by atoms with van der Waals surface area (Å²) >= 11 is 0. The highest BCUT2D eigenvalue weighted by atomic mass is 16.3. The van der Waals surface area contributed by atoms with E-state index in [0.717, 1.165) is 5.01 Å². The Morgan fingerprint density at radius 2 is 2.33 bits per heavy atom. The van der Waals surface area contributed by atoms with Crippen LogP contribution in [0, 0.1) is 4.91 Å². The zero-order chi connectivity index (χ0) is 7.28. The van der Waals surface area contributed by atoms with E-state index in [9.17, 15) is 9.70 Å². The third kappa shape index (κ3) is 4.73. The monoisotopic (exact) mass is 131 g/mol. The van der Waals surface area contributed by atoms with E-state index in [2.05, 4.69) is 5.29 Å². The van der Waals surface area contributed by atoms with E-state index in [1.165, 1.54) is 7.05 Å². The molecule has 52 valence electrons.